The molecule has 0 fully saturated rings. The fourth-order valence-corrected chi connectivity index (χ4v) is 10.0. The first kappa shape index (κ1) is 26.3. The first-order chi connectivity index (χ1) is 23.8. The Kier molecular flexibility index (Phi) is 5.42. The van der Waals surface area contributed by atoms with E-state index in [9.17, 15) is 0 Å². The third-order valence-electron chi connectivity index (χ3n) is 9.65. The minimum atomic E-state index is 0.910. The lowest BCUT2D eigenvalue weighted by Crippen LogP contribution is -1.92. The van der Waals surface area contributed by atoms with Crippen LogP contribution in [0.2, 0.25) is 0 Å². The number of thiophene rings is 1. The zero-order valence-electron chi connectivity index (χ0n) is 25.5. The van der Waals surface area contributed by atoms with Crippen molar-refractivity contribution in [2.45, 2.75) is 0 Å². The highest BCUT2D eigenvalue weighted by Crippen LogP contribution is 2.47. The molecule has 0 aliphatic carbocycles. The van der Waals surface area contributed by atoms with Gasteiger partial charge in [-0.15, -0.1) is 11.3 Å². The molecule has 0 atom stereocenters. The molecular weight excluding hydrogens is 625 g/mol. The predicted octanol–water partition coefficient (Wildman–Crippen LogP) is 13.0. The zero-order valence-corrected chi connectivity index (χ0v) is 27.1. The number of benzene rings is 7. The largest absolute Gasteiger partial charge is 0.456 e. The van der Waals surface area contributed by atoms with Crippen LogP contribution in [0, 0.1) is 0 Å². The molecule has 7 aromatic carbocycles. The van der Waals surface area contributed by atoms with Gasteiger partial charge in [0.15, 0.2) is 5.13 Å². The molecule has 11 rings (SSSR count). The zero-order chi connectivity index (χ0) is 31.3. The van der Waals surface area contributed by atoms with Crippen molar-refractivity contribution >= 4 is 96.8 Å². The minimum absolute atomic E-state index is 0.910. The lowest BCUT2D eigenvalue weighted by Gasteiger charge is -2.07. The number of furan rings is 1. The van der Waals surface area contributed by atoms with E-state index in [4.69, 9.17) is 9.40 Å². The Labute approximate surface area is 282 Å². The average molecular weight is 649 g/mol. The van der Waals surface area contributed by atoms with Gasteiger partial charge in [-0.3, -0.25) is 4.57 Å². The summed E-state index contributed by atoms with van der Waals surface area (Å²) in [6, 6.07) is 52.0. The fourth-order valence-electron chi connectivity index (χ4n) is 7.56. The molecule has 0 aliphatic heterocycles. The lowest BCUT2D eigenvalue weighted by molar-refractivity contribution is 0.669. The predicted molar refractivity (Wildman–Crippen MR) is 205 cm³/mol. The third-order valence-corrected chi connectivity index (χ3v) is 11.9. The maximum atomic E-state index is 6.30. The number of rotatable bonds is 3. The van der Waals surface area contributed by atoms with Gasteiger partial charge in [0.1, 0.15) is 11.2 Å². The van der Waals surface area contributed by atoms with Crippen LogP contribution in [-0.4, -0.2) is 9.55 Å². The summed E-state index contributed by atoms with van der Waals surface area (Å²) in [5.41, 5.74) is 10.1. The van der Waals surface area contributed by atoms with Crippen molar-refractivity contribution in [3.63, 3.8) is 0 Å². The van der Waals surface area contributed by atoms with Gasteiger partial charge < -0.3 is 4.42 Å². The van der Waals surface area contributed by atoms with Crippen LogP contribution in [0.5, 0.6) is 0 Å². The maximum absolute atomic E-state index is 6.30. The molecule has 224 valence electrons. The van der Waals surface area contributed by atoms with E-state index in [0.29, 0.717) is 0 Å². The summed E-state index contributed by atoms with van der Waals surface area (Å²) in [6.07, 6.45) is 0. The second-order valence-electron chi connectivity index (χ2n) is 12.3. The summed E-state index contributed by atoms with van der Waals surface area (Å²) in [4.78, 5) is 5.31. The van der Waals surface area contributed by atoms with E-state index in [2.05, 4.69) is 144 Å². The Bertz CT molecular complexity index is 3070. The molecule has 0 saturated heterocycles. The van der Waals surface area contributed by atoms with Crippen LogP contribution in [0.15, 0.2) is 150 Å². The normalized spacial score (nSPS) is 12.2. The minimum Gasteiger partial charge on any atom is -0.456 e. The molecule has 0 radical (unpaired) electrons. The fraction of sp³-hybridized carbons (Fsp3) is 0. The molecule has 4 heterocycles. The second-order valence-corrected chi connectivity index (χ2v) is 14.3. The summed E-state index contributed by atoms with van der Waals surface area (Å²) in [7, 11) is 0. The molecule has 3 nitrogen and oxygen atoms in total. The van der Waals surface area contributed by atoms with E-state index >= 15 is 0 Å². The number of thiazole rings is 1. The Morgan fingerprint density at radius 1 is 0.479 bits per heavy atom. The van der Waals surface area contributed by atoms with Crippen molar-refractivity contribution in [1.29, 1.82) is 0 Å². The van der Waals surface area contributed by atoms with Gasteiger partial charge in [0.25, 0.3) is 0 Å². The molecule has 5 heteroatoms. The van der Waals surface area contributed by atoms with Crippen molar-refractivity contribution in [3.8, 4) is 27.4 Å². The maximum Gasteiger partial charge on any atom is 0.195 e. The molecule has 0 bridgehead atoms. The average Bonchev–Trinajstić information content (AvgIpc) is 3.91. The van der Waals surface area contributed by atoms with Crippen LogP contribution >= 0.6 is 22.7 Å². The van der Waals surface area contributed by atoms with E-state index in [1.807, 2.05) is 17.4 Å². The summed E-state index contributed by atoms with van der Waals surface area (Å²) in [5, 5.41) is 8.27. The van der Waals surface area contributed by atoms with Gasteiger partial charge in [0.05, 0.1) is 21.3 Å². The highest BCUT2D eigenvalue weighted by Gasteiger charge is 2.21. The van der Waals surface area contributed by atoms with Gasteiger partial charge in [-0.1, -0.05) is 114 Å². The van der Waals surface area contributed by atoms with Crippen LogP contribution in [0.1, 0.15) is 0 Å². The molecule has 0 saturated carbocycles. The van der Waals surface area contributed by atoms with E-state index in [1.165, 1.54) is 57.9 Å². The van der Waals surface area contributed by atoms with Gasteiger partial charge in [-0.05, 0) is 64.7 Å². The molecule has 48 heavy (non-hydrogen) atoms. The van der Waals surface area contributed by atoms with E-state index < -0.39 is 0 Å². The summed E-state index contributed by atoms with van der Waals surface area (Å²) in [5.74, 6) is 0. The SMILES string of the molecule is c1ccc(-c2cccc(-c3cccc4c3sc3ccc5nc(-n6c7ccccc7c7c8c(ccc76)oc6ccccc68)sc5c34)c2)cc1. The van der Waals surface area contributed by atoms with Crippen LogP contribution in [0.4, 0.5) is 0 Å². The third kappa shape index (κ3) is 3.66. The quantitative estimate of drug-likeness (QED) is 0.191. The monoisotopic (exact) mass is 648 g/mol. The number of aromatic nitrogens is 2. The first-order valence-electron chi connectivity index (χ1n) is 16.0. The summed E-state index contributed by atoms with van der Waals surface area (Å²) < 4.78 is 12.5. The molecule has 0 N–H and O–H groups in total. The van der Waals surface area contributed by atoms with Crippen LogP contribution < -0.4 is 0 Å². The highest BCUT2D eigenvalue weighted by atomic mass is 32.1. The molecule has 11 aromatic rings. The van der Waals surface area contributed by atoms with Gasteiger partial charge >= 0.3 is 0 Å². The van der Waals surface area contributed by atoms with Gasteiger partial charge in [0, 0.05) is 41.7 Å². The first-order valence-corrected chi connectivity index (χ1v) is 17.7. The number of hydrogen-bond donors (Lipinski definition) is 0. The molecule has 0 aliphatic rings. The Hall–Kier alpha value is -5.75. The van der Waals surface area contributed by atoms with Gasteiger partial charge in [0.2, 0.25) is 0 Å². The Balaban J connectivity index is 1.15. The molecule has 4 aromatic heterocycles. The topological polar surface area (TPSA) is 31.0 Å². The molecule has 0 spiro atoms. The molecule has 0 amide bonds. The number of hydrogen-bond acceptors (Lipinski definition) is 4. The Morgan fingerprint density at radius 3 is 2.19 bits per heavy atom. The van der Waals surface area contributed by atoms with Crippen molar-refractivity contribution in [1.82, 2.24) is 9.55 Å². The number of fused-ring (bicyclic) bond motifs is 12. The smallest absolute Gasteiger partial charge is 0.195 e. The molecule has 0 unspecified atom stereocenters. The summed E-state index contributed by atoms with van der Waals surface area (Å²) in [6.45, 7) is 0. The van der Waals surface area contributed by atoms with Crippen molar-refractivity contribution < 1.29 is 4.42 Å². The van der Waals surface area contributed by atoms with Crippen molar-refractivity contribution in [3.05, 3.63) is 146 Å². The molecular formula is C43H24N2OS2. The van der Waals surface area contributed by atoms with E-state index in [0.717, 1.165) is 43.6 Å². The Morgan fingerprint density at radius 2 is 1.25 bits per heavy atom. The highest BCUT2D eigenvalue weighted by molar-refractivity contribution is 7.28. The van der Waals surface area contributed by atoms with Gasteiger partial charge in [-0.25, -0.2) is 4.98 Å². The van der Waals surface area contributed by atoms with Crippen LogP contribution in [0.25, 0.3) is 102 Å². The van der Waals surface area contributed by atoms with Crippen molar-refractivity contribution in [2.75, 3.05) is 0 Å². The van der Waals surface area contributed by atoms with Crippen LogP contribution in [-0.2, 0) is 0 Å². The summed E-state index contributed by atoms with van der Waals surface area (Å²) >= 11 is 3.66. The number of nitrogens with zero attached hydrogens (tertiary/aromatic N) is 2. The second kappa shape index (κ2) is 9.88. The van der Waals surface area contributed by atoms with E-state index in [-0.39, 0.29) is 0 Å². The number of para-hydroxylation sites is 2. The van der Waals surface area contributed by atoms with Gasteiger partial charge in [-0.2, -0.15) is 0 Å². The lowest BCUT2D eigenvalue weighted by atomic mass is 9.98. The van der Waals surface area contributed by atoms with Crippen LogP contribution in [0.3, 0.4) is 0 Å². The van der Waals surface area contributed by atoms with Crippen molar-refractivity contribution in [2.24, 2.45) is 0 Å². The standard InChI is InChI=1S/C43H24N2OS2/c1-2-10-25(11-3-1)26-12-8-13-27(24-26)28-16-9-17-31-40-37(47-41(28)31)23-20-32-42(40)48-43(44-32)45-33-18-6-4-14-29(33)38-34(45)21-22-36-39(38)30-15-5-7-19-35(30)46-36/h1-24H. The van der Waals surface area contributed by atoms with E-state index in [1.54, 1.807) is 11.3 Å².